The molecule has 5 rings (SSSR count). The zero-order valence-electron chi connectivity index (χ0n) is 19.8. The van der Waals surface area contributed by atoms with Gasteiger partial charge in [0, 0.05) is 43.6 Å². The highest BCUT2D eigenvalue weighted by Crippen LogP contribution is 2.29. The topological polar surface area (TPSA) is 33.1 Å². The first-order chi connectivity index (χ1) is 16.1. The number of thiocarbonyl (C=S) groups is 1. The molecular formula is C28H34N4S. The van der Waals surface area contributed by atoms with E-state index in [-0.39, 0.29) is 0 Å². The molecule has 1 fully saturated rings. The van der Waals surface area contributed by atoms with E-state index in [1.807, 2.05) is 6.20 Å². The summed E-state index contributed by atoms with van der Waals surface area (Å²) in [4.78, 5) is 7.07. The van der Waals surface area contributed by atoms with Crippen molar-refractivity contribution in [2.45, 2.75) is 64.3 Å². The fourth-order valence-electron chi connectivity index (χ4n) is 5.21. The van der Waals surface area contributed by atoms with Gasteiger partial charge in [0.2, 0.25) is 0 Å². The van der Waals surface area contributed by atoms with Gasteiger partial charge in [-0.15, -0.1) is 0 Å². The number of nitrogens with zero attached hydrogens (tertiary/aromatic N) is 3. The van der Waals surface area contributed by atoms with Crippen molar-refractivity contribution in [3.05, 3.63) is 82.9 Å². The smallest absolute Gasteiger partial charge is 0.173 e. The van der Waals surface area contributed by atoms with Gasteiger partial charge in [0.15, 0.2) is 5.11 Å². The summed E-state index contributed by atoms with van der Waals surface area (Å²) < 4.78 is 2.33. The number of hydrogen-bond donors (Lipinski definition) is 1. The number of aryl methyl sites for hydroxylation is 2. The third-order valence-electron chi connectivity index (χ3n) is 7.24. The molecule has 1 saturated heterocycles. The Labute approximate surface area is 203 Å². The molecule has 1 aliphatic heterocycles. The minimum Gasteiger partial charge on any atom is -0.349 e. The van der Waals surface area contributed by atoms with Crippen molar-refractivity contribution in [1.29, 1.82) is 0 Å². The monoisotopic (exact) mass is 458 g/mol. The van der Waals surface area contributed by atoms with Crippen LogP contribution in [0.15, 0.2) is 54.9 Å². The molecule has 2 heterocycles. The Hall–Kier alpha value is -2.66. The van der Waals surface area contributed by atoms with Crippen LogP contribution in [0.5, 0.6) is 0 Å². The lowest BCUT2D eigenvalue weighted by Gasteiger charge is -2.33. The number of nitrogens with one attached hydrogen (secondary N) is 1. The second kappa shape index (κ2) is 9.68. The van der Waals surface area contributed by atoms with E-state index in [1.165, 1.54) is 47.3 Å². The van der Waals surface area contributed by atoms with Crippen LogP contribution in [0.3, 0.4) is 0 Å². The molecule has 1 N–H and O–H groups in total. The standard InChI is InChI=1S/C28H34N4S/c1-20(2)22-8-6-21(7-9-22)19-32-17-14-29-27(32)24-12-15-31(16-13-24)28(33)30-26-11-10-23-4-3-5-25(23)18-26/h6-11,14,17-18,20,24H,3-5,12-13,15-16,19H2,1-2H3,(H,30,33). The van der Waals surface area contributed by atoms with E-state index in [9.17, 15) is 0 Å². The maximum absolute atomic E-state index is 5.76. The van der Waals surface area contributed by atoms with E-state index >= 15 is 0 Å². The Bertz CT molecular complexity index is 1110. The van der Waals surface area contributed by atoms with Gasteiger partial charge in [-0.2, -0.15) is 0 Å². The van der Waals surface area contributed by atoms with Crippen LogP contribution in [0, 0.1) is 0 Å². The van der Waals surface area contributed by atoms with Crippen LogP contribution in [0.4, 0.5) is 5.69 Å². The largest absolute Gasteiger partial charge is 0.349 e. The summed E-state index contributed by atoms with van der Waals surface area (Å²) in [7, 11) is 0. The van der Waals surface area contributed by atoms with Crippen LogP contribution in [-0.4, -0.2) is 32.7 Å². The molecule has 0 spiro atoms. The van der Waals surface area contributed by atoms with Crippen LogP contribution in [-0.2, 0) is 19.4 Å². The summed E-state index contributed by atoms with van der Waals surface area (Å²) in [5.74, 6) is 2.25. The number of piperidine rings is 1. The average molecular weight is 459 g/mol. The number of benzene rings is 2. The van der Waals surface area contributed by atoms with Gasteiger partial charge in [-0.25, -0.2) is 4.98 Å². The second-order valence-corrected chi connectivity index (χ2v) is 10.2. The maximum atomic E-state index is 5.76. The van der Waals surface area contributed by atoms with Gasteiger partial charge in [-0.3, -0.25) is 0 Å². The molecular weight excluding hydrogens is 424 g/mol. The predicted octanol–water partition coefficient (Wildman–Crippen LogP) is 6.12. The van der Waals surface area contributed by atoms with E-state index in [1.54, 1.807) is 0 Å². The van der Waals surface area contributed by atoms with E-state index < -0.39 is 0 Å². The van der Waals surface area contributed by atoms with Crippen molar-refractivity contribution in [2.24, 2.45) is 0 Å². The van der Waals surface area contributed by atoms with Gasteiger partial charge in [-0.05, 0) is 84.6 Å². The summed E-state index contributed by atoms with van der Waals surface area (Å²) in [5.41, 5.74) is 6.82. The molecule has 1 aliphatic carbocycles. The summed E-state index contributed by atoms with van der Waals surface area (Å²) in [5, 5.41) is 4.33. The Balaban J connectivity index is 1.18. The molecule has 0 atom stereocenters. The molecule has 172 valence electrons. The van der Waals surface area contributed by atoms with Crippen molar-refractivity contribution in [3.63, 3.8) is 0 Å². The number of hydrogen-bond acceptors (Lipinski definition) is 2. The lowest BCUT2D eigenvalue weighted by atomic mass is 9.96. The summed E-state index contributed by atoms with van der Waals surface area (Å²) >= 11 is 5.76. The quantitative estimate of drug-likeness (QED) is 0.467. The highest BCUT2D eigenvalue weighted by atomic mass is 32.1. The van der Waals surface area contributed by atoms with Gasteiger partial charge in [0.05, 0.1) is 0 Å². The van der Waals surface area contributed by atoms with E-state index in [2.05, 4.69) is 77.3 Å². The molecule has 3 aromatic rings. The molecule has 0 radical (unpaired) electrons. The average Bonchev–Trinajstić information content (AvgIpc) is 3.48. The zero-order valence-corrected chi connectivity index (χ0v) is 20.6. The Morgan fingerprint density at radius 1 is 1.06 bits per heavy atom. The second-order valence-electron chi connectivity index (χ2n) is 9.84. The molecule has 0 unspecified atom stereocenters. The Morgan fingerprint density at radius 3 is 2.58 bits per heavy atom. The van der Waals surface area contributed by atoms with Crippen molar-refractivity contribution < 1.29 is 0 Å². The third kappa shape index (κ3) is 4.98. The molecule has 1 aromatic heterocycles. The predicted molar refractivity (Wildman–Crippen MR) is 140 cm³/mol. The van der Waals surface area contributed by atoms with Crippen LogP contribution in [0.2, 0.25) is 0 Å². The number of likely N-dealkylation sites (tertiary alicyclic amines) is 1. The SMILES string of the molecule is CC(C)c1ccc(Cn2ccnc2C2CCN(C(=S)Nc3ccc4c(c3)CCC4)CC2)cc1. The van der Waals surface area contributed by atoms with Gasteiger partial charge in [0.25, 0.3) is 0 Å². The van der Waals surface area contributed by atoms with Gasteiger partial charge in [-0.1, -0.05) is 44.2 Å². The number of imidazole rings is 1. The Kier molecular flexibility index (Phi) is 6.50. The first kappa shape index (κ1) is 22.1. The molecule has 5 heteroatoms. The fraction of sp³-hybridized carbons (Fsp3) is 0.429. The summed E-state index contributed by atoms with van der Waals surface area (Å²) in [6.45, 7) is 7.30. The number of anilines is 1. The van der Waals surface area contributed by atoms with E-state index in [4.69, 9.17) is 17.2 Å². The van der Waals surface area contributed by atoms with Crippen LogP contribution in [0.25, 0.3) is 0 Å². The van der Waals surface area contributed by atoms with E-state index in [0.717, 1.165) is 43.3 Å². The maximum Gasteiger partial charge on any atom is 0.173 e. The highest BCUT2D eigenvalue weighted by molar-refractivity contribution is 7.80. The van der Waals surface area contributed by atoms with Crippen LogP contribution < -0.4 is 5.32 Å². The molecule has 0 saturated carbocycles. The van der Waals surface area contributed by atoms with Crippen molar-refractivity contribution >= 4 is 23.0 Å². The highest BCUT2D eigenvalue weighted by Gasteiger charge is 2.25. The zero-order chi connectivity index (χ0) is 22.8. The van der Waals surface area contributed by atoms with Crippen molar-refractivity contribution in [2.75, 3.05) is 18.4 Å². The molecule has 2 aliphatic rings. The van der Waals surface area contributed by atoms with Crippen molar-refractivity contribution in [3.8, 4) is 0 Å². The normalized spacial score (nSPS) is 16.3. The molecule has 0 bridgehead atoms. The minimum absolute atomic E-state index is 0.481. The fourth-order valence-corrected chi connectivity index (χ4v) is 5.51. The number of fused-ring (bicyclic) bond motifs is 1. The van der Waals surface area contributed by atoms with Gasteiger partial charge < -0.3 is 14.8 Å². The first-order valence-electron chi connectivity index (χ1n) is 12.3. The van der Waals surface area contributed by atoms with Crippen LogP contribution in [0.1, 0.15) is 73.0 Å². The first-order valence-corrected chi connectivity index (χ1v) is 12.8. The number of rotatable bonds is 5. The number of aromatic nitrogens is 2. The molecule has 33 heavy (non-hydrogen) atoms. The summed E-state index contributed by atoms with van der Waals surface area (Å²) in [6.07, 6.45) is 9.91. The molecule has 4 nitrogen and oxygen atoms in total. The molecule has 2 aromatic carbocycles. The van der Waals surface area contributed by atoms with Crippen LogP contribution >= 0.6 is 12.2 Å². The molecule has 0 amide bonds. The lowest BCUT2D eigenvalue weighted by Crippen LogP contribution is -2.40. The Morgan fingerprint density at radius 2 is 1.82 bits per heavy atom. The van der Waals surface area contributed by atoms with Gasteiger partial charge >= 0.3 is 0 Å². The summed E-state index contributed by atoms with van der Waals surface area (Å²) in [6, 6.07) is 15.7. The minimum atomic E-state index is 0.481. The van der Waals surface area contributed by atoms with E-state index in [0.29, 0.717) is 11.8 Å². The third-order valence-corrected chi connectivity index (χ3v) is 7.60. The van der Waals surface area contributed by atoms with Gasteiger partial charge in [0.1, 0.15) is 5.82 Å². The van der Waals surface area contributed by atoms with Crippen molar-refractivity contribution in [1.82, 2.24) is 14.5 Å². The lowest BCUT2D eigenvalue weighted by molar-refractivity contribution is 0.307.